The number of halogens is 2. The molecule has 0 aromatic heterocycles. The summed E-state index contributed by atoms with van der Waals surface area (Å²) in [6.07, 6.45) is 0.143. The molecule has 2 rings (SSSR count). The first-order valence-corrected chi connectivity index (χ1v) is 4.97. The van der Waals surface area contributed by atoms with E-state index in [2.05, 4.69) is 5.32 Å². The number of rotatable bonds is 1. The molecule has 82 valence electrons. The maximum absolute atomic E-state index is 13.4. The standard InChI is InChI=1S/C11H13F2NO/c1-7-5-14-11(6-15-7)9-3-2-8(12)4-10(9)13/h2-4,7,11,14H,5-6H2,1H3/t7-,11+/m1/s1. The van der Waals surface area contributed by atoms with Crippen LogP contribution in [0.15, 0.2) is 18.2 Å². The van der Waals surface area contributed by atoms with Crippen molar-refractivity contribution in [3.8, 4) is 0 Å². The van der Waals surface area contributed by atoms with E-state index in [1.54, 1.807) is 0 Å². The maximum Gasteiger partial charge on any atom is 0.130 e. The Morgan fingerprint density at radius 2 is 2.20 bits per heavy atom. The Morgan fingerprint density at radius 1 is 1.40 bits per heavy atom. The molecule has 2 nitrogen and oxygen atoms in total. The van der Waals surface area contributed by atoms with Crippen LogP contribution in [-0.4, -0.2) is 19.3 Å². The molecule has 1 heterocycles. The molecule has 0 radical (unpaired) electrons. The van der Waals surface area contributed by atoms with E-state index in [1.807, 2.05) is 6.92 Å². The van der Waals surface area contributed by atoms with Crippen LogP contribution in [0, 0.1) is 11.6 Å². The van der Waals surface area contributed by atoms with E-state index in [-0.39, 0.29) is 12.1 Å². The third-order valence-electron chi connectivity index (χ3n) is 2.54. The van der Waals surface area contributed by atoms with Crippen molar-refractivity contribution < 1.29 is 13.5 Å². The predicted octanol–water partition coefficient (Wildman–Crippen LogP) is 2.01. The molecule has 0 spiro atoms. The van der Waals surface area contributed by atoms with E-state index in [0.717, 1.165) is 6.07 Å². The first kappa shape index (κ1) is 10.5. The maximum atomic E-state index is 13.4. The minimum Gasteiger partial charge on any atom is -0.375 e. The van der Waals surface area contributed by atoms with Gasteiger partial charge in [0.25, 0.3) is 0 Å². The summed E-state index contributed by atoms with van der Waals surface area (Å²) in [5, 5.41) is 3.16. The van der Waals surface area contributed by atoms with Gasteiger partial charge in [0.05, 0.1) is 18.8 Å². The van der Waals surface area contributed by atoms with E-state index in [4.69, 9.17) is 4.74 Å². The summed E-state index contributed by atoms with van der Waals surface area (Å²) in [6.45, 7) is 3.05. The number of hydrogen-bond acceptors (Lipinski definition) is 2. The van der Waals surface area contributed by atoms with Crippen LogP contribution in [0.5, 0.6) is 0 Å². The summed E-state index contributed by atoms with van der Waals surface area (Å²) in [7, 11) is 0. The summed E-state index contributed by atoms with van der Waals surface area (Å²) in [4.78, 5) is 0. The summed E-state index contributed by atoms with van der Waals surface area (Å²) in [6, 6.07) is 3.44. The number of ether oxygens (including phenoxy) is 1. The average Bonchev–Trinajstić information content (AvgIpc) is 2.20. The third kappa shape index (κ3) is 2.33. The zero-order valence-corrected chi connectivity index (χ0v) is 8.47. The van der Waals surface area contributed by atoms with Crippen molar-refractivity contribution >= 4 is 0 Å². The molecule has 1 aliphatic rings. The fourth-order valence-corrected chi connectivity index (χ4v) is 1.67. The molecule has 0 bridgehead atoms. The van der Waals surface area contributed by atoms with E-state index >= 15 is 0 Å². The fourth-order valence-electron chi connectivity index (χ4n) is 1.67. The largest absolute Gasteiger partial charge is 0.375 e. The summed E-state index contributed by atoms with van der Waals surface area (Å²) in [5.74, 6) is -1.08. The highest BCUT2D eigenvalue weighted by atomic mass is 19.1. The van der Waals surface area contributed by atoms with Crippen LogP contribution in [0.25, 0.3) is 0 Å². The topological polar surface area (TPSA) is 21.3 Å². The zero-order valence-electron chi connectivity index (χ0n) is 8.47. The average molecular weight is 213 g/mol. The Kier molecular flexibility index (Phi) is 2.98. The van der Waals surface area contributed by atoms with Gasteiger partial charge in [-0.15, -0.1) is 0 Å². The Labute approximate surface area is 87.2 Å². The molecule has 4 heteroatoms. The highest BCUT2D eigenvalue weighted by Crippen LogP contribution is 2.21. The Bertz CT molecular complexity index is 348. The van der Waals surface area contributed by atoms with Gasteiger partial charge in [-0.25, -0.2) is 8.78 Å². The highest BCUT2D eigenvalue weighted by Gasteiger charge is 2.21. The summed E-state index contributed by atoms with van der Waals surface area (Å²) in [5.41, 5.74) is 0.461. The lowest BCUT2D eigenvalue weighted by atomic mass is 10.1. The van der Waals surface area contributed by atoms with Crippen LogP contribution < -0.4 is 5.32 Å². The van der Waals surface area contributed by atoms with Gasteiger partial charge in [0.15, 0.2) is 0 Å². The molecule has 1 aromatic rings. The van der Waals surface area contributed by atoms with Gasteiger partial charge in [-0.3, -0.25) is 0 Å². The van der Waals surface area contributed by atoms with Crippen LogP contribution in [0.3, 0.4) is 0 Å². The summed E-state index contributed by atoms with van der Waals surface area (Å²) >= 11 is 0. The minimum atomic E-state index is -0.554. The molecule has 15 heavy (non-hydrogen) atoms. The third-order valence-corrected chi connectivity index (χ3v) is 2.54. The first-order chi connectivity index (χ1) is 7.16. The lowest BCUT2D eigenvalue weighted by Crippen LogP contribution is -2.40. The van der Waals surface area contributed by atoms with Gasteiger partial charge >= 0.3 is 0 Å². The van der Waals surface area contributed by atoms with E-state index < -0.39 is 11.6 Å². The second kappa shape index (κ2) is 4.24. The second-order valence-electron chi connectivity index (χ2n) is 3.77. The Balaban J connectivity index is 2.15. The van der Waals surface area contributed by atoms with Crippen molar-refractivity contribution in [2.45, 2.75) is 19.1 Å². The van der Waals surface area contributed by atoms with E-state index in [0.29, 0.717) is 18.7 Å². The second-order valence-corrected chi connectivity index (χ2v) is 3.77. The molecule has 0 unspecified atom stereocenters. The molecule has 1 saturated heterocycles. The molecule has 0 amide bonds. The van der Waals surface area contributed by atoms with E-state index in [9.17, 15) is 8.78 Å². The molecule has 2 atom stereocenters. The Hall–Kier alpha value is -1.00. The first-order valence-electron chi connectivity index (χ1n) is 4.97. The summed E-state index contributed by atoms with van der Waals surface area (Å²) < 4.78 is 31.5. The van der Waals surface area contributed by atoms with E-state index in [1.165, 1.54) is 12.1 Å². The van der Waals surface area contributed by atoms with Crippen LogP contribution in [0.4, 0.5) is 8.78 Å². The van der Waals surface area contributed by atoms with Gasteiger partial charge in [0.2, 0.25) is 0 Å². The lowest BCUT2D eigenvalue weighted by molar-refractivity contribution is 0.0141. The van der Waals surface area contributed by atoms with Crippen LogP contribution in [0.2, 0.25) is 0 Å². The van der Waals surface area contributed by atoms with Crippen molar-refractivity contribution in [2.75, 3.05) is 13.2 Å². The van der Waals surface area contributed by atoms with Crippen molar-refractivity contribution in [1.29, 1.82) is 0 Å². The lowest BCUT2D eigenvalue weighted by Gasteiger charge is -2.28. The van der Waals surface area contributed by atoms with Gasteiger partial charge in [0, 0.05) is 18.2 Å². The van der Waals surface area contributed by atoms with Crippen molar-refractivity contribution in [1.82, 2.24) is 5.32 Å². The molecular formula is C11H13F2NO. The smallest absolute Gasteiger partial charge is 0.130 e. The van der Waals surface area contributed by atoms with Gasteiger partial charge < -0.3 is 10.1 Å². The number of benzene rings is 1. The highest BCUT2D eigenvalue weighted by molar-refractivity contribution is 5.22. The van der Waals surface area contributed by atoms with Gasteiger partial charge in [-0.1, -0.05) is 6.07 Å². The molecule has 0 aliphatic carbocycles. The SMILES string of the molecule is C[C@@H]1CN[C@H](c2ccc(F)cc2F)CO1. The van der Waals surface area contributed by atoms with Crippen LogP contribution in [-0.2, 0) is 4.74 Å². The number of nitrogens with one attached hydrogen (secondary N) is 1. The predicted molar refractivity (Wildman–Crippen MR) is 52.5 cm³/mol. The molecular weight excluding hydrogens is 200 g/mol. The molecule has 1 aromatic carbocycles. The van der Waals surface area contributed by atoms with Crippen molar-refractivity contribution in [3.63, 3.8) is 0 Å². The minimum absolute atomic E-state index is 0.143. The Morgan fingerprint density at radius 3 is 2.80 bits per heavy atom. The molecule has 0 saturated carbocycles. The molecule has 1 fully saturated rings. The van der Waals surface area contributed by atoms with Gasteiger partial charge in [0.1, 0.15) is 11.6 Å². The fraction of sp³-hybridized carbons (Fsp3) is 0.455. The van der Waals surface area contributed by atoms with Crippen molar-refractivity contribution in [2.24, 2.45) is 0 Å². The van der Waals surface area contributed by atoms with Gasteiger partial charge in [-0.2, -0.15) is 0 Å². The zero-order chi connectivity index (χ0) is 10.8. The van der Waals surface area contributed by atoms with Crippen molar-refractivity contribution in [3.05, 3.63) is 35.4 Å². The van der Waals surface area contributed by atoms with Gasteiger partial charge in [-0.05, 0) is 13.0 Å². The number of hydrogen-bond donors (Lipinski definition) is 1. The molecule has 1 aliphatic heterocycles. The quantitative estimate of drug-likeness (QED) is 0.770. The van der Waals surface area contributed by atoms with Crippen LogP contribution in [0.1, 0.15) is 18.5 Å². The van der Waals surface area contributed by atoms with Crippen LogP contribution >= 0.6 is 0 Å². The number of morpholine rings is 1. The monoisotopic (exact) mass is 213 g/mol. The molecule has 1 N–H and O–H groups in total. The normalized spacial score (nSPS) is 26.6.